The molecule has 1 fully saturated rings. The van der Waals surface area contributed by atoms with Crippen molar-refractivity contribution in [1.29, 1.82) is 0 Å². The average molecular weight is 208 g/mol. The third-order valence-corrected chi connectivity index (χ3v) is 3.72. The Kier molecular flexibility index (Phi) is 2.83. The Morgan fingerprint density at radius 1 is 1.20 bits per heavy atom. The van der Waals surface area contributed by atoms with Crippen molar-refractivity contribution >= 4 is 5.78 Å². The minimum Gasteiger partial charge on any atom is -0.372 e. The zero-order valence-corrected chi connectivity index (χ0v) is 9.86. The molecule has 2 rings (SSSR count). The van der Waals surface area contributed by atoms with E-state index in [-0.39, 0.29) is 0 Å². The Morgan fingerprint density at radius 2 is 1.80 bits per heavy atom. The summed E-state index contributed by atoms with van der Waals surface area (Å²) in [6.45, 7) is 6.61. The maximum atomic E-state index is 11.2. The molecule has 0 aromatic carbocycles. The summed E-state index contributed by atoms with van der Waals surface area (Å²) in [4.78, 5) is 16.0. The summed E-state index contributed by atoms with van der Waals surface area (Å²) in [5.41, 5.74) is 1.26. The van der Waals surface area contributed by atoms with E-state index in [9.17, 15) is 4.79 Å². The van der Waals surface area contributed by atoms with Gasteiger partial charge >= 0.3 is 0 Å². The van der Waals surface area contributed by atoms with Gasteiger partial charge < -0.3 is 4.90 Å². The van der Waals surface area contributed by atoms with Crippen molar-refractivity contribution in [1.82, 2.24) is 9.80 Å². The third-order valence-electron chi connectivity index (χ3n) is 3.72. The summed E-state index contributed by atoms with van der Waals surface area (Å²) in [6, 6.07) is 1.15. The van der Waals surface area contributed by atoms with Crippen LogP contribution in [0.25, 0.3) is 0 Å². The number of rotatable bonds is 1. The molecular weight excluding hydrogens is 188 g/mol. The molecule has 2 unspecified atom stereocenters. The highest BCUT2D eigenvalue weighted by atomic mass is 16.1. The van der Waals surface area contributed by atoms with E-state index in [2.05, 4.69) is 30.7 Å². The minimum atomic E-state index is 0.296. The van der Waals surface area contributed by atoms with Crippen LogP contribution >= 0.6 is 0 Å². The predicted octanol–water partition coefficient (Wildman–Crippen LogP) is 1.26. The van der Waals surface area contributed by atoms with Gasteiger partial charge in [0.2, 0.25) is 0 Å². The van der Waals surface area contributed by atoms with Crippen molar-refractivity contribution in [3.05, 3.63) is 11.8 Å². The van der Waals surface area contributed by atoms with Gasteiger partial charge in [-0.2, -0.15) is 0 Å². The molecule has 2 aliphatic rings. The van der Waals surface area contributed by atoms with Crippen LogP contribution < -0.4 is 0 Å². The summed E-state index contributed by atoms with van der Waals surface area (Å²) < 4.78 is 0. The maximum absolute atomic E-state index is 11.2. The summed E-state index contributed by atoms with van der Waals surface area (Å²) in [6.07, 6.45) is 3.50. The van der Waals surface area contributed by atoms with Gasteiger partial charge in [-0.15, -0.1) is 0 Å². The molecule has 1 saturated heterocycles. The topological polar surface area (TPSA) is 23.6 Å². The number of nitrogens with zero attached hydrogens (tertiary/aromatic N) is 2. The molecule has 1 heterocycles. The van der Waals surface area contributed by atoms with Gasteiger partial charge in [0.15, 0.2) is 5.78 Å². The molecule has 0 N–H and O–H groups in total. The van der Waals surface area contributed by atoms with Crippen LogP contribution in [0.5, 0.6) is 0 Å². The van der Waals surface area contributed by atoms with Crippen molar-refractivity contribution in [2.75, 3.05) is 20.1 Å². The number of piperazine rings is 1. The van der Waals surface area contributed by atoms with Crippen LogP contribution in [0.4, 0.5) is 0 Å². The number of hydrogen-bond acceptors (Lipinski definition) is 3. The molecule has 3 nitrogen and oxygen atoms in total. The normalized spacial score (nSPS) is 33.4. The van der Waals surface area contributed by atoms with Gasteiger partial charge in [0.05, 0.1) is 0 Å². The number of likely N-dealkylation sites (N-methyl/N-ethyl adjacent to an activating group) is 1. The van der Waals surface area contributed by atoms with Gasteiger partial charge in [0, 0.05) is 43.4 Å². The fourth-order valence-electron chi connectivity index (χ4n) is 2.47. The van der Waals surface area contributed by atoms with Crippen molar-refractivity contribution < 1.29 is 4.79 Å². The third kappa shape index (κ3) is 2.07. The number of ketones is 1. The smallest absolute Gasteiger partial charge is 0.157 e. The molecule has 84 valence electrons. The molecule has 3 heteroatoms. The summed E-state index contributed by atoms with van der Waals surface area (Å²) in [5.74, 6) is 0.296. The van der Waals surface area contributed by atoms with E-state index in [4.69, 9.17) is 0 Å². The van der Waals surface area contributed by atoms with Crippen LogP contribution in [-0.2, 0) is 4.79 Å². The molecule has 1 aliphatic heterocycles. The number of allylic oxidation sites excluding steroid dienone is 2. The van der Waals surface area contributed by atoms with Gasteiger partial charge in [0.25, 0.3) is 0 Å². The highest BCUT2D eigenvalue weighted by Crippen LogP contribution is 2.24. The molecule has 2 atom stereocenters. The summed E-state index contributed by atoms with van der Waals surface area (Å²) >= 11 is 0. The van der Waals surface area contributed by atoms with Crippen LogP contribution in [0, 0.1) is 0 Å². The molecule has 0 spiro atoms. The quantitative estimate of drug-likeness (QED) is 0.648. The minimum absolute atomic E-state index is 0.296. The standard InChI is InChI=1S/C12H20N2O/c1-9-7-14(8-10(2)13(9)3)11-4-5-12(15)6-11/h6,9-10H,4-5,7-8H2,1-3H3. The van der Waals surface area contributed by atoms with E-state index < -0.39 is 0 Å². The van der Waals surface area contributed by atoms with Gasteiger partial charge in [-0.3, -0.25) is 9.69 Å². The number of carbonyl (C=O) groups excluding carboxylic acids is 1. The number of hydrogen-bond donors (Lipinski definition) is 0. The Hall–Kier alpha value is -0.830. The average Bonchev–Trinajstić information content (AvgIpc) is 2.60. The van der Waals surface area contributed by atoms with Crippen LogP contribution in [0.2, 0.25) is 0 Å². The monoisotopic (exact) mass is 208 g/mol. The molecule has 0 amide bonds. The second-order valence-electron chi connectivity index (χ2n) is 4.87. The molecule has 0 aromatic heterocycles. The van der Waals surface area contributed by atoms with Crippen molar-refractivity contribution in [2.24, 2.45) is 0 Å². The van der Waals surface area contributed by atoms with Gasteiger partial charge in [0.1, 0.15) is 0 Å². The maximum Gasteiger partial charge on any atom is 0.157 e. The molecule has 0 saturated carbocycles. The first-order valence-corrected chi connectivity index (χ1v) is 5.78. The van der Waals surface area contributed by atoms with E-state index >= 15 is 0 Å². The van der Waals surface area contributed by atoms with E-state index in [0.29, 0.717) is 24.3 Å². The highest BCUT2D eigenvalue weighted by Gasteiger charge is 2.29. The van der Waals surface area contributed by atoms with Crippen molar-refractivity contribution in [3.8, 4) is 0 Å². The zero-order chi connectivity index (χ0) is 11.0. The van der Waals surface area contributed by atoms with Crippen LogP contribution in [0.1, 0.15) is 26.7 Å². The fourth-order valence-corrected chi connectivity index (χ4v) is 2.47. The van der Waals surface area contributed by atoms with Crippen molar-refractivity contribution in [3.63, 3.8) is 0 Å². The lowest BCUT2D eigenvalue weighted by atomic mass is 10.1. The lowest BCUT2D eigenvalue weighted by molar-refractivity contribution is -0.114. The number of carbonyl (C=O) groups is 1. The van der Waals surface area contributed by atoms with Gasteiger partial charge in [-0.25, -0.2) is 0 Å². The molecule has 0 radical (unpaired) electrons. The SMILES string of the molecule is CC1CN(C2=CC(=O)CC2)CC(C)N1C. The first-order valence-electron chi connectivity index (χ1n) is 5.78. The van der Waals surface area contributed by atoms with Crippen LogP contribution in [-0.4, -0.2) is 47.8 Å². The Bertz CT molecular complexity index is 286. The summed E-state index contributed by atoms with van der Waals surface area (Å²) in [5, 5.41) is 0. The Morgan fingerprint density at radius 3 is 2.27 bits per heavy atom. The Balaban J connectivity index is 2.06. The van der Waals surface area contributed by atoms with Gasteiger partial charge in [-0.05, 0) is 27.3 Å². The molecule has 0 aromatic rings. The summed E-state index contributed by atoms with van der Waals surface area (Å²) in [7, 11) is 2.18. The van der Waals surface area contributed by atoms with Gasteiger partial charge in [-0.1, -0.05) is 0 Å². The molecule has 15 heavy (non-hydrogen) atoms. The van der Waals surface area contributed by atoms with E-state index in [1.165, 1.54) is 5.70 Å². The van der Waals surface area contributed by atoms with E-state index in [1.54, 1.807) is 0 Å². The van der Waals surface area contributed by atoms with E-state index in [1.807, 2.05) is 6.08 Å². The zero-order valence-electron chi connectivity index (χ0n) is 9.86. The lowest BCUT2D eigenvalue weighted by Crippen LogP contribution is -2.54. The molecular formula is C12H20N2O. The lowest BCUT2D eigenvalue weighted by Gasteiger charge is -2.44. The Labute approximate surface area is 91.7 Å². The first-order chi connectivity index (χ1) is 7.08. The molecule has 1 aliphatic carbocycles. The predicted molar refractivity (Wildman–Crippen MR) is 60.6 cm³/mol. The highest BCUT2D eigenvalue weighted by molar-refractivity contribution is 5.92. The van der Waals surface area contributed by atoms with Crippen molar-refractivity contribution in [2.45, 2.75) is 38.8 Å². The van der Waals surface area contributed by atoms with Crippen LogP contribution in [0.3, 0.4) is 0 Å². The fraction of sp³-hybridized carbons (Fsp3) is 0.750. The van der Waals surface area contributed by atoms with Crippen LogP contribution in [0.15, 0.2) is 11.8 Å². The second-order valence-corrected chi connectivity index (χ2v) is 4.87. The largest absolute Gasteiger partial charge is 0.372 e. The first kappa shape index (κ1) is 10.7. The van der Waals surface area contributed by atoms with E-state index in [0.717, 1.165) is 19.5 Å². The molecule has 0 bridgehead atoms. The second kappa shape index (κ2) is 3.97.